The summed E-state index contributed by atoms with van der Waals surface area (Å²) in [6.45, 7) is 1.62. The molecule has 2 N–H and O–H groups in total. The zero-order valence-corrected chi connectivity index (χ0v) is 18.5. The van der Waals surface area contributed by atoms with Gasteiger partial charge in [-0.1, -0.05) is 29.8 Å². The third-order valence-corrected chi connectivity index (χ3v) is 7.52. The van der Waals surface area contributed by atoms with E-state index in [1.165, 1.54) is 23.5 Å². The molecule has 0 spiro atoms. The Morgan fingerprint density at radius 3 is 2.52 bits per heavy atom. The summed E-state index contributed by atoms with van der Waals surface area (Å²) in [6.07, 6.45) is 1.26. The summed E-state index contributed by atoms with van der Waals surface area (Å²) in [7, 11) is 0. The Hall–Kier alpha value is -1.83. The number of hydrogen-bond donors (Lipinski definition) is 2. The monoisotopic (exact) mass is 450 g/mol. The molecule has 2 amide bonds. The van der Waals surface area contributed by atoms with Gasteiger partial charge in [0.05, 0.1) is 21.8 Å². The van der Waals surface area contributed by atoms with Gasteiger partial charge in [0, 0.05) is 0 Å². The molecule has 2 aromatic rings. The van der Waals surface area contributed by atoms with Gasteiger partial charge in [-0.25, -0.2) is 0 Å². The van der Waals surface area contributed by atoms with Gasteiger partial charge >= 0.3 is 0 Å². The maximum Gasteiger partial charge on any atom is 0.258 e. The first-order chi connectivity index (χ1) is 14.0. The van der Waals surface area contributed by atoms with Gasteiger partial charge in [0.1, 0.15) is 5.75 Å². The van der Waals surface area contributed by atoms with Gasteiger partial charge in [-0.15, -0.1) is 23.5 Å². The highest BCUT2D eigenvalue weighted by molar-refractivity contribution is 8.16. The summed E-state index contributed by atoms with van der Waals surface area (Å²) in [5, 5.41) is 5.67. The highest BCUT2D eigenvalue weighted by Crippen LogP contribution is 2.43. The largest absolute Gasteiger partial charge is 0.484 e. The Kier molecular flexibility index (Phi) is 8.15. The van der Waals surface area contributed by atoms with Crippen molar-refractivity contribution in [2.24, 2.45) is 0 Å². The second-order valence-electron chi connectivity index (χ2n) is 6.59. The number of halogens is 1. The molecule has 0 unspecified atom stereocenters. The maximum atomic E-state index is 12.0. The second kappa shape index (κ2) is 10.8. The number of rotatable bonds is 7. The minimum atomic E-state index is -0.363. The molecule has 1 aliphatic rings. The minimum Gasteiger partial charge on any atom is -0.484 e. The van der Waals surface area contributed by atoms with Gasteiger partial charge in [0.2, 0.25) is 5.91 Å². The van der Waals surface area contributed by atoms with Gasteiger partial charge in [0.15, 0.2) is 6.61 Å². The number of ether oxygens (including phenoxy) is 1. The van der Waals surface area contributed by atoms with Crippen LogP contribution in [0.4, 0.5) is 5.69 Å². The van der Waals surface area contributed by atoms with Crippen molar-refractivity contribution >= 4 is 52.6 Å². The fourth-order valence-electron chi connectivity index (χ4n) is 2.70. The fraction of sp³-hybridized carbons (Fsp3) is 0.333. The number of carbonyl (C=O) groups excluding carboxylic acids is 2. The van der Waals surface area contributed by atoms with E-state index in [1.807, 2.05) is 60.8 Å². The van der Waals surface area contributed by atoms with Gasteiger partial charge < -0.3 is 15.4 Å². The highest BCUT2D eigenvalue weighted by Gasteiger charge is 2.16. The zero-order chi connectivity index (χ0) is 20.6. The summed E-state index contributed by atoms with van der Waals surface area (Å²) in [6, 6.07) is 13.2. The quantitative estimate of drug-likeness (QED) is 0.642. The molecule has 0 aromatic heterocycles. The van der Waals surface area contributed by atoms with Crippen molar-refractivity contribution in [2.45, 2.75) is 17.9 Å². The third-order valence-electron chi connectivity index (χ3n) is 4.19. The molecular formula is C21H23ClN2O3S2. The Balaban J connectivity index is 1.39. The lowest BCUT2D eigenvalue weighted by Crippen LogP contribution is -2.35. The van der Waals surface area contributed by atoms with Crippen LogP contribution < -0.4 is 15.4 Å². The van der Waals surface area contributed by atoms with Crippen LogP contribution in [0.2, 0.25) is 5.02 Å². The van der Waals surface area contributed by atoms with Crippen LogP contribution in [0.1, 0.15) is 22.1 Å². The average molecular weight is 451 g/mol. The number of benzene rings is 2. The van der Waals surface area contributed by atoms with E-state index in [1.54, 1.807) is 12.1 Å². The fourth-order valence-corrected chi connectivity index (χ4v) is 5.87. The van der Waals surface area contributed by atoms with Crippen molar-refractivity contribution in [2.75, 3.05) is 30.0 Å². The third kappa shape index (κ3) is 6.87. The summed E-state index contributed by atoms with van der Waals surface area (Å²) in [5.74, 6) is 2.30. The zero-order valence-electron chi connectivity index (χ0n) is 16.1. The van der Waals surface area contributed by atoms with Crippen LogP contribution in [0, 0.1) is 6.92 Å². The number of aryl methyl sites for hydroxylation is 1. The van der Waals surface area contributed by atoms with Gasteiger partial charge in [-0.05, 0) is 60.2 Å². The van der Waals surface area contributed by atoms with E-state index < -0.39 is 0 Å². The van der Waals surface area contributed by atoms with Crippen molar-refractivity contribution in [3.05, 3.63) is 58.6 Å². The molecule has 5 nitrogen and oxygen atoms in total. The topological polar surface area (TPSA) is 67.4 Å². The number of anilines is 1. The molecule has 0 bridgehead atoms. The minimum absolute atomic E-state index is 0.148. The number of thioether (sulfide) groups is 2. The Bertz CT molecular complexity index is 856. The predicted octanol–water partition coefficient (Wildman–Crippen LogP) is 4.65. The van der Waals surface area contributed by atoms with Crippen molar-refractivity contribution in [3.8, 4) is 5.75 Å². The molecule has 2 aromatic carbocycles. The first kappa shape index (κ1) is 21.9. The van der Waals surface area contributed by atoms with Crippen molar-refractivity contribution in [1.29, 1.82) is 0 Å². The number of carbonyl (C=O) groups is 2. The second-order valence-corrected chi connectivity index (χ2v) is 9.72. The van der Waals surface area contributed by atoms with Gasteiger partial charge in [-0.2, -0.15) is 0 Å². The predicted molar refractivity (Wildman–Crippen MR) is 122 cm³/mol. The molecule has 8 heteroatoms. The summed E-state index contributed by atoms with van der Waals surface area (Å²) in [4.78, 5) is 23.9. The van der Waals surface area contributed by atoms with E-state index >= 15 is 0 Å². The first-order valence-corrected chi connectivity index (χ1v) is 11.8. The lowest BCUT2D eigenvalue weighted by Gasteiger charge is -2.21. The summed E-state index contributed by atoms with van der Waals surface area (Å²) < 4.78 is 5.99. The molecule has 0 saturated carbocycles. The van der Waals surface area contributed by atoms with Crippen LogP contribution in [0.5, 0.6) is 5.75 Å². The molecule has 1 heterocycles. The summed E-state index contributed by atoms with van der Waals surface area (Å²) in [5.41, 5.74) is 2.79. The standard InChI is InChI=1S/C21H23ClN2O3S2/c1-14-3-8-18(17(22)11-14)24-19(25)12-23-20(26)13-27-16-6-4-15(5-7-16)21-28-9-2-10-29-21/h3-8,11,21H,2,9-10,12-13H2,1H3,(H,23,26)(H,24,25). The number of amides is 2. The highest BCUT2D eigenvalue weighted by atomic mass is 35.5. The van der Waals surface area contributed by atoms with Crippen LogP contribution in [-0.2, 0) is 9.59 Å². The number of hydrogen-bond acceptors (Lipinski definition) is 5. The Labute approximate surface area is 184 Å². The van der Waals surface area contributed by atoms with E-state index in [-0.39, 0.29) is 25.0 Å². The Morgan fingerprint density at radius 2 is 1.83 bits per heavy atom. The molecule has 3 rings (SSSR count). The lowest BCUT2D eigenvalue weighted by molar-refractivity contribution is -0.125. The molecule has 29 heavy (non-hydrogen) atoms. The van der Waals surface area contributed by atoms with Crippen LogP contribution in [0.25, 0.3) is 0 Å². The van der Waals surface area contributed by atoms with E-state index in [9.17, 15) is 9.59 Å². The van der Waals surface area contributed by atoms with E-state index in [2.05, 4.69) is 10.6 Å². The van der Waals surface area contributed by atoms with Gasteiger partial charge in [-0.3, -0.25) is 9.59 Å². The van der Waals surface area contributed by atoms with Crippen LogP contribution in [-0.4, -0.2) is 36.5 Å². The van der Waals surface area contributed by atoms with Crippen LogP contribution in [0.15, 0.2) is 42.5 Å². The molecule has 1 saturated heterocycles. The Morgan fingerprint density at radius 1 is 1.10 bits per heavy atom. The smallest absolute Gasteiger partial charge is 0.258 e. The van der Waals surface area contributed by atoms with Crippen molar-refractivity contribution in [1.82, 2.24) is 5.32 Å². The van der Waals surface area contributed by atoms with E-state index in [0.29, 0.717) is 21.0 Å². The maximum absolute atomic E-state index is 12.0. The normalized spacial score (nSPS) is 14.3. The first-order valence-electron chi connectivity index (χ1n) is 9.30. The van der Waals surface area contributed by atoms with E-state index in [4.69, 9.17) is 16.3 Å². The molecular weight excluding hydrogens is 428 g/mol. The van der Waals surface area contributed by atoms with Crippen molar-refractivity contribution in [3.63, 3.8) is 0 Å². The van der Waals surface area contributed by atoms with Crippen LogP contribution in [0.3, 0.4) is 0 Å². The van der Waals surface area contributed by atoms with Crippen LogP contribution >= 0.6 is 35.1 Å². The van der Waals surface area contributed by atoms with Crippen molar-refractivity contribution < 1.29 is 14.3 Å². The molecule has 1 aliphatic heterocycles. The SMILES string of the molecule is Cc1ccc(NC(=O)CNC(=O)COc2ccc(C3SCCCS3)cc2)c(Cl)c1. The van der Waals surface area contributed by atoms with Gasteiger partial charge in [0.25, 0.3) is 5.91 Å². The molecule has 0 aliphatic carbocycles. The lowest BCUT2D eigenvalue weighted by atomic mass is 10.2. The molecule has 0 atom stereocenters. The van der Waals surface area contributed by atoms with E-state index in [0.717, 1.165) is 5.56 Å². The summed E-state index contributed by atoms with van der Waals surface area (Å²) >= 11 is 10.0. The molecule has 0 radical (unpaired) electrons. The number of nitrogens with one attached hydrogen (secondary N) is 2. The molecule has 154 valence electrons. The average Bonchev–Trinajstić information content (AvgIpc) is 2.74. The molecule has 1 fully saturated rings.